The average Bonchev–Trinajstić information content (AvgIpc) is 3.01. The summed E-state index contributed by atoms with van der Waals surface area (Å²) in [6.07, 6.45) is 16.3. The molecular weight excluding hydrogens is 256 g/mol. The zero-order valence-corrected chi connectivity index (χ0v) is 14.2. The molecule has 0 spiro atoms. The highest BCUT2D eigenvalue weighted by atomic mass is 15.2. The van der Waals surface area contributed by atoms with Gasteiger partial charge in [-0.25, -0.2) is 0 Å². The Labute approximate surface area is 132 Å². The molecule has 3 aliphatic rings. The molecule has 1 aliphatic heterocycles. The van der Waals surface area contributed by atoms with Crippen LogP contribution in [0.4, 0.5) is 0 Å². The highest BCUT2D eigenvalue weighted by Crippen LogP contribution is 2.38. The number of hydrogen-bond acceptors (Lipinski definition) is 2. The van der Waals surface area contributed by atoms with Crippen LogP contribution in [-0.4, -0.2) is 36.6 Å². The van der Waals surface area contributed by atoms with Crippen LogP contribution in [0.3, 0.4) is 0 Å². The molecule has 1 N–H and O–H groups in total. The molecule has 3 rings (SSSR count). The summed E-state index contributed by atoms with van der Waals surface area (Å²) in [6.45, 7) is 6.15. The Morgan fingerprint density at radius 1 is 0.857 bits per heavy atom. The molecule has 3 fully saturated rings. The summed E-state index contributed by atoms with van der Waals surface area (Å²) < 4.78 is 0. The predicted molar refractivity (Wildman–Crippen MR) is 90.6 cm³/mol. The third-order valence-corrected chi connectivity index (χ3v) is 6.60. The molecule has 1 heterocycles. The zero-order valence-electron chi connectivity index (χ0n) is 14.2. The van der Waals surface area contributed by atoms with Crippen LogP contribution in [0.2, 0.25) is 0 Å². The van der Waals surface area contributed by atoms with Crippen LogP contribution in [-0.2, 0) is 0 Å². The van der Waals surface area contributed by atoms with E-state index in [-0.39, 0.29) is 0 Å². The zero-order chi connectivity index (χ0) is 14.5. The van der Waals surface area contributed by atoms with E-state index in [0.717, 1.165) is 23.9 Å². The maximum atomic E-state index is 4.03. The van der Waals surface area contributed by atoms with Crippen LogP contribution in [0.25, 0.3) is 0 Å². The van der Waals surface area contributed by atoms with Gasteiger partial charge >= 0.3 is 0 Å². The van der Waals surface area contributed by atoms with Crippen LogP contribution < -0.4 is 5.32 Å². The van der Waals surface area contributed by atoms with Gasteiger partial charge in [0.2, 0.25) is 0 Å². The second-order valence-electron chi connectivity index (χ2n) is 7.79. The van der Waals surface area contributed by atoms with Crippen molar-refractivity contribution in [3.8, 4) is 0 Å². The molecule has 2 saturated carbocycles. The normalized spacial score (nSPS) is 36.1. The fourth-order valence-corrected chi connectivity index (χ4v) is 5.37. The predicted octanol–water partition coefficient (Wildman–Crippen LogP) is 4.20. The van der Waals surface area contributed by atoms with Crippen LogP contribution in [0.1, 0.15) is 77.6 Å². The van der Waals surface area contributed by atoms with E-state index in [1.165, 1.54) is 90.3 Å². The molecule has 2 heteroatoms. The first kappa shape index (κ1) is 15.8. The molecule has 0 aromatic carbocycles. The Hall–Kier alpha value is -0.0800. The topological polar surface area (TPSA) is 15.3 Å². The second kappa shape index (κ2) is 7.97. The molecule has 3 unspecified atom stereocenters. The minimum absolute atomic E-state index is 0.823. The number of likely N-dealkylation sites (N-methyl/N-ethyl adjacent to an activating group) is 1. The van der Waals surface area contributed by atoms with Gasteiger partial charge in [-0.15, -0.1) is 0 Å². The monoisotopic (exact) mass is 292 g/mol. The lowest BCUT2D eigenvalue weighted by Gasteiger charge is -2.40. The standard InChI is InChI=1S/C19H36N2/c1-2-21-14-8-11-17(21)15-20-19-13-7-6-12-18(19)16-9-4-3-5-10-16/h16-20H,2-15H2,1H3. The maximum absolute atomic E-state index is 4.03. The SMILES string of the molecule is CCN1CCCC1CNC1CCCCC1C1CCCCC1. The maximum Gasteiger partial charge on any atom is 0.0221 e. The molecule has 21 heavy (non-hydrogen) atoms. The Balaban J connectivity index is 1.51. The summed E-state index contributed by atoms with van der Waals surface area (Å²) in [4.78, 5) is 2.69. The Morgan fingerprint density at radius 3 is 2.43 bits per heavy atom. The van der Waals surface area contributed by atoms with Gasteiger partial charge < -0.3 is 5.32 Å². The van der Waals surface area contributed by atoms with Crippen molar-refractivity contribution >= 4 is 0 Å². The van der Waals surface area contributed by atoms with Gasteiger partial charge in [0.1, 0.15) is 0 Å². The van der Waals surface area contributed by atoms with Gasteiger partial charge in [0, 0.05) is 18.6 Å². The largest absolute Gasteiger partial charge is 0.312 e. The highest BCUT2D eigenvalue weighted by Gasteiger charge is 2.33. The van der Waals surface area contributed by atoms with Gasteiger partial charge in [-0.2, -0.15) is 0 Å². The summed E-state index contributed by atoms with van der Waals surface area (Å²) in [5, 5.41) is 4.03. The first-order valence-corrected chi connectivity index (χ1v) is 9.86. The van der Waals surface area contributed by atoms with Crippen LogP contribution >= 0.6 is 0 Å². The van der Waals surface area contributed by atoms with E-state index < -0.39 is 0 Å². The highest BCUT2D eigenvalue weighted by molar-refractivity contribution is 4.89. The minimum Gasteiger partial charge on any atom is -0.312 e. The molecule has 0 amide bonds. The summed E-state index contributed by atoms with van der Waals surface area (Å²) in [5.74, 6) is 2.04. The van der Waals surface area contributed by atoms with E-state index >= 15 is 0 Å². The molecule has 3 atom stereocenters. The van der Waals surface area contributed by atoms with Crippen molar-refractivity contribution in [2.75, 3.05) is 19.6 Å². The molecule has 0 aromatic rings. The lowest BCUT2D eigenvalue weighted by molar-refractivity contribution is 0.142. The van der Waals surface area contributed by atoms with Crippen molar-refractivity contribution in [2.24, 2.45) is 11.8 Å². The van der Waals surface area contributed by atoms with Crippen molar-refractivity contribution in [3.05, 3.63) is 0 Å². The number of likely N-dealkylation sites (tertiary alicyclic amines) is 1. The first-order chi connectivity index (χ1) is 10.4. The lowest BCUT2D eigenvalue weighted by atomic mass is 9.71. The molecule has 0 bridgehead atoms. The molecule has 0 aromatic heterocycles. The molecule has 122 valence electrons. The van der Waals surface area contributed by atoms with Gasteiger partial charge in [0.15, 0.2) is 0 Å². The van der Waals surface area contributed by atoms with Gasteiger partial charge in [0.05, 0.1) is 0 Å². The summed E-state index contributed by atoms with van der Waals surface area (Å²) >= 11 is 0. The summed E-state index contributed by atoms with van der Waals surface area (Å²) in [7, 11) is 0. The van der Waals surface area contributed by atoms with Crippen molar-refractivity contribution in [2.45, 2.75) is 89.6 Å². The second-order valence-corrected chi connectivity index (χ2v) is 7.79. The van der Waals surface area contributed by atoms with Gasteiger partial charge in [-0.1, -0.05) is 51.9 Å². The smallest absolute Gasteiger partial charge is 0.0221 e. The van der Waals surface area contributed by atoms with E-state index in [0.29, 0.717) is 0 Å². The summed E-state index contributed by atoms with van der Waals surface area (Å²) in [5.41, 5.74) is 0. The Morgan fingerprint density at radius 2 is 1.62 bits per heavy atom. The van der Waals surface area contributed by atoms with Crippen molar-refractivity contribution < 1.29 is 0 Å². The minimum atomic E-state index is 0.823. The fraction of sp³-hybridized carbons (Fsp3) is 1.00. The quantitative estimate of drug-likeness (QED) is 0.817. The van der Waals surface area contributed by atoms with E-state index in [1.54, 1.807) is 0 Å². The molecule has 1 saturated heterocycles. The third kappa shape index (κ3) is 4.01. The van der Waals surface area contributed by atoms with Gasteiger partial charge in [-0.05, 0) is 50.6 Å². The van der Waals surface area contributed by atoms with E-state index in [2.05, 4.69) is 17.1 Å². The van der Waals surface area contributed by atoms with Crippen molar-refractivity contribution in [1.29, 1.82) is 0 Å². The number of nitrogens with zero attached hydrogens (tertiary/aromatic N) is 1. The average molecular weight is 293 g/mol. The lowest BCUT2D eigenvalue weighted by Crippen LogP contribution is -2.47. The Bertz CT molecular complexity index is 298. The Kier molecular flexibility index (Phi) is 5.99. The van der Waals surface area contributed by atoms with Crippen molar-refractivity contribution in [1.82, 2.24) is 10.2 Å². The summed E-state index contributed by atoms with van der Waals surface area (Å²) in [6, 6.07) is 1.66. The van der Waals surface area contributed by atoms with Crippen LogP contribution in [0.5, 0.6) is 0 Å². The van der Waals surface area contributed by atoms with E-state index in [4.69, 9.17) is 0 Å². The molecule has 2 aliphatic carbocycles. The first-order valence-electron chi connectivity index (χ1n) is 9.86. The number of nitrogens with one attached hydrogen (secondary N) is 1. The number of hydrogen-bond donors (Lipinski definition) is 1. The molecule has 0 radical (unpaired) electrons. The third-order valence-electron chi connectivity index (χ3n) is 6.60. The number of rotatable bonds is 5. The molecular formula is C19H36N2. The van der Waals surface area contributed by atoms with Crippen molar-refractivity contribution in [3.63, 3.8) is 0 Å². The van der Waals surface area contributed by atoms with Crippen LogP contribution in [0.15, 0.2) is 0 Å². The van der Waals surface area contributed by atoms with Gasteiger partial charge in [-0.3, -0.25) is 4.90 Å². The van der Waals surface area contributed by atoms with E-state index in [1.807, 2.05) is 0 Å². The van der Waals surface area contributed by atoms with Gasteiger partial charge in [0.25, 0.3) is 0 Å². The van der Waals surface area contributed by atoms with Crippen LogP contribution in [0, 0.1) is 11.8 Å². The fourth-order valence-electron chi connectivity index (χ4n) is 5.37. The van der Waals surface area contributed by atoms with E-state index in [9.17, 15) is 0 Å². The molecule has 2 nitrogen and oxygen atoms in total.